The van der Waals surface area contributed by atoms with Crippen molar-refractivity contribution in [1.29, 1.82) is 0 Å². The number of anilines is 1. The smallest absolute Gasteiger partial charge is 0.307 e. The standard InChI is InChI=1S/C16H14ClNO3/c1-10-8-12(4-7-14(10)17)16(21)18-13-5-2-11(3-6-13)9-15(19)20/h2-8H,9H2,1H3,(H,18,21)(H,19,20). The average molecular weight is 304 g/mol. The Balaban J connectivity index is 2.08. The minimum atomic E-state index is -0.886. The highest BCUT2D eigenvalue weighted by Crippen LogP contribution is 2.18. The Kier molecular flexibility index (Phi) is 4.60. The summed E-state index contributed by atoms with van der Waals surface area (Å²) in [6.07, 6.45) is -0.0371. The fourth-order valence-electron chi connectivity index (χ4n) is 1.87. The number of nitrogens with one attached hydrogen (secondary N) is 1. The summed E-state index contributed by atoms with van der Waals surface area (Å²) in [4.78, 5) is 22.7. The van der Waals surface area contributed by atoms with Crippen LogP contribution in [0.5, 0.6) is 0 Å². The van der Waals surface area contributed by atoms with Gasteiger partial charge in [0.05, 0.1) is 6.42 Å². The van der Waals surface area contributed by atoms with Gasteiger partial charge in [0.25, 0.3) is 5.91 Å². The number of rotatable bonds is 4. The molecule has 21 heavy (non-hydrogen) atoms. The molecule has 0 heterocycles. The zero-order chi connectivity index (χ0) is 15.4. The number of halogens is 1. The lowest BCUT2D eigenvalue weighted by atomic mass is 10.1. The molecule has 2 aromatic carbocycles. The van der Waals surface area contributed by atoms with E-state index in [0.29, 0.717) is 21.8 Å². The first kappa shape index (κ1) is 15.1. The maximum Gasteiger partial charge on any atom is 0.307 e. The molecule has 0 fully saturated rings. The van der Waals surface area contributed by atoms with Gasteiger partial charge in [-0.05, 0) is 48.4 Å². The predicted octanol–water partition coefficient (Wildman–Crippen LogP) is 3.53. The number of aliphatic carboxylic acids is 1. The number of carbonyl (C=O) groups is 2. The van der Waals surface area contributed by atoms with E-state index in [4.69, 9.17) is 16.7 Å². The Labute approximate surface area is 127 Å². The number of carboxylic acids is 1. The Bertz CT molecular complexity index is 680. The molecule has 5 heteroatoms. The van der Waals surface area contributed by atoms with Gasteiger partial charge >= 0.3 is 5.97 Å². The van der Waals surface area contributed by atoms with E-state index in [-0.39, 0.29) is 12.3 Å². The molecule has 0 bridgehead atoms. The third kappa shape index (κ3) is 4.07. The summed E-state index contributed by atoms with van der Waals surface area (Å²) in [5.74, 6) is -1.12. The number of aryl methyl sites for hydroxylation is 1. The second-order valence-electron chi connectivity index (χ2n) is 4.69. The molecular formula is C16H14ClNO3. The lowest BCUT2D eigenvalue weighted by Gasteiger charge is -2.07. The van der Waals surface area contributed by atoms with Gasteiger partial charge < -0.3 is 10.4 Å². The fraction of sp³-hybridized carbons (Fsp3) is 0.125. The van der Waals surface area contributed by atoms with Crippen LogP contribution in [0.1, 0.15) is 21.5 Å². The van der Waals surface area contributed by atoms with Crippen LogP contribution in [0.15, 0.2) is 42.5 Å². The summed E-state index contributed by atoms with van der Waals surface area (Å²) < 4.78 is 0. The van der Waals surface area contributed by atoms with Crippen LogP contribution < -0.4 is 5.32 Å². The van der Waals surface area contributed by atoms with E-state index >= 15 is 0 Å². The van der Waals surface area contributed by atoms with Crippen LogP contribution in [0.2, 0.25) is 5.02 Å². The van der Waals surface area contributed by atoms with Crippen LogP contribution >= 0.6 is 11.6 Å². The molecule has 2 N–H and O–H groups in total. The van der Waals surface area contributed by atoms with E-state index < -0.39 is 5.97 Å². The van der Waals surface area contributed by atoms with Gasteiger partial charge in [-0.25, -0.2) is 0 Å². The van der Waals surface area contributed by atoms with E-state index in [2.05, 4.69) is 5.32 Å². The molecule has 4 nitrogen and oxygen atoms in total. The van der Waals surface area contributed by atoms with E-state index in [1.165, 1.54) is 0 Å². The quantitative estimate of drug-likeness (QED) is 0.908. The molecule has 1 amide bonds. The third-order valence-corrected chi connectivity index (χ3v) is 3.41. The highest BCUT2D eigenvalue weighted by molar-refractivity contribution is 6.31. The summed E-state index contributed by atoms with van der Waals surface area (Å²) in [6, 6.07) is 11.8. The molecule has 0 unspecified atom stereocenters. The summed E-state index contributed by atoms with van der Waals surface area (Å²) in [5.41, 5.74) is 2.65. The molecule has 0 spiro atoms. The van der Waals surface area contributed by atoms with Crippen molar-refractivity contribution >= 4 is 29.2 Å². The zero-order valence-corrected chi connectivity index (χ0v) is 12.1. The highest BCUT2D eigenvalue weighted by atomic mass is 35.5. The molecular weight excluding hydrogens is 290 g/mol. The first-order valence-corrected chi connectivity index (χ1v) is 6.72. The molecule has 108 valence electrons. The lowest BCUT2D eigenvalue weighted by Crippen LogP contribution is -2.12. The Morgan fingerprint density at radius 2 is 1.81 bits per heavy atom. The molecule has 0 aromatic heterocycles. The molecule has 0 aliphatic heterocycles. The van der Waals surface area contributed by atoms with Gasteiger partial charge in [0.2, 0.25) is 0 Å². The monoisotopic (exact) mass is 303 g/mol. The second-order valence-corrected chi connectivity index (χ2v) is 5.09. The average Bonchev–Trinajstić information content (AvgIpc) is 2.43. The number of benzene rings is 2. The molecule has 2 rings (SSSR count). The minimum absolute atomic E-state index is 0.0371. The molecule has 0 saturated heterocycles. The molecule has 2 aromatic rings. The summed E-state index contributed by atoms with van der Waals surface area (Å²) in [6.45, 7) is 1.83. The summed E-state index contributed by atoms with van der Waals surface area (Å²) in [5, 5.41) is 12.1. The Morgan fingerprint density at radius 3 is 2.38 bits per heavy atom. The van der Waals surface area contributed by atoms with Crippen molar-refractivity contribution < 1.29 is 14.7 Å². The van der Waals surface area contributed by atoms with Gasteiger partial charge in [-0.1, -0.05) is 23.7 Å². The predicted molar refractivity (Wildman–Crippen MR) is 81.9 cm³/mol. The molecule has 0 radical (unpaired) electrons. The van der Waals surface area contributed by atoms with Crippen molar-refractivity contribution in [1.82, 2.24) is 0 Å². The largest absolute Gasteiger partial charge is 0.481 e. The van der Waals surface area contributed by atoms with Crippen molar-refractivity contribution in [2.24, 2.45) is 0 Å². The molecule has 0 aliphatic rings. The summed E-state index contributed by atoms with van der Waals surface area (Å²) >= 11 is 5.92. The van der Waals surface area contributed by atoms with Crippen LogP contribution in [0.3, 0.4) is 0 Å². The van der Waals surface area contributed by atoms with E-state index in [9.17, 15) is 9.59 Å². The SMILES string of the molecule is Cc1cc(C(=O)Nc2ccc(CC(=O)O)cc2)ccc1Cl. The normalized spacial score (nSPS) is 10.2. The molecule has 0 saturated carbocycles. The number of hydrogen-bond donors (Lipinski definition) is 2. The second kappa shape index (κ2) is 6.41. The van der Waals surface area contributed by atoms with Gasteiger partial charge in [0, 0.05) is 16.3 Å². The van der Waals surface area contributed by atoms with Crippen LogP contribution in [-0.4, -0.2) is 17.0 Å². The first-order valence-electron chi connectivity index (χ1n) is 6.34. The van der Waals surface area contributed by atoms with Crippen molar-refractivity contribution in [2.45, 2.75) is 13.3 Å². The van der Waals surface area contributed by atoms with E-state index in [0.717, 1.165) is 5.56 Å². The van der Waals surface area contributed by atoms with E-state index in [1.807, 2.05) is 6.92 Å². The Morgan fingerprint density at radius 1 is 1.14 bits per heavy atom. The number of amides is 1. The topological polar surface area (TPSA) is 66.4 Å². The van der Waals surface area contributed by atoms with Crippen LogP contribution in [0.25, 0.3) is 0 Å². The zero-order valence-electron chi connectivity index (χ0n) is 11.4. The maximum absolute atomic E-state index is 12.1. The number of carbonyl (C=O) groups excluding carboxylic acids is 1. The van der Waals surface area contributed by atoms with Crippen molar-refractivity contribution in [2.75, 3.05) is 5.32 Å². The number of carboxylic acid groups (broad SMARTS) is 1. The van der Waals surface area contributed by atoms with Crippen molar-refractivity contribution in [3.05, 3.63) is 64.2 Å². The summed E-state index contributed by atoms with van der Waals surface area (Å²) in [7, 11) is 0. The lowest BCUT2D eigenvalue weighted by molar-refractivity contribution is -0.136. The van der Waals surface area contributed by atoms with Crippen molar-refractivity contribution in [3.63, 3.8) is 0 Å². The van der Waals surface area contributed by atoms with Crippen molar-refractivity contribution in [3.8, 4) is 0 Å². The first-order chi connectivity index (χ1) is 9.95. The molecule has 0 atom stereocenters. The van der Waals surface area contributed by atoms with Gasteiger partial charge in [-0.15, -0.1) is 0 Å². The third-order valence-electron chi connectivity index (χ3n) is 2.99. The van der Waals surface area contributed by atoms with Crippen LogP contribution in [-0.2, 0) is 11.2 Å². The fourth-order valence-corrected chi connectivity index (χ4v) is 1.99. The highest BCUT2D eigenvalue weighted by Gasteiger charge is 2.08. The van der Waals surface area contributed by atoms with Crippen LogP contribution in [0, 0.1) is 6.92 Å². The number of hydrogen-bond acceptors (Lipinski definition) is 2. The van der Waals surface area contributed by atoms with Gasteiger partial charge in [-0.3, -0.25) is 9.59 Å². The van der Waals surface area contributed by atoms with E-state index in [1.54, 1.807) is 42.5 Å². The van der Waals surface area contributed by atoms with Gasteiger partial charge in [0.15, 0.2) is 0 Å². The maximum atomic E-state index is 12.1. The Hall–Kier alpha value is -2.33. The van der Waals surface area contributed by atoms with Crippen LogP contribution in [0.4, 0.5) is 5.69 Å². The van der Waals surface area contributed by atoms with Gasteiger partial charge in [-0.2, -0.15) is 0 Å². The van der Waals surface area contributed by atoms with Gasteiger partial charge in [0.1, 0.15) is 0 Å². The minimum Gasteiger partial charge on any atom is -0.481 e. The molecule has 0 aliphatic carbocycles.